The molecule has 1 saturated carbocycles. The zero-order valence-corrected chi connectivity index (χ0v) is 8.99. The van der Waals surface area contributed by atoms with Crippen molar-refractivity contribution in [3.8, 4) is 0 Å². The van der Waals surface area contributed by atoms with Gasteiger partial charge in [-0.15, -0.1) is 0 Å². The molecule has 0 aromatic rings. The first-order chi connectivity index (χ1) is 6.54. The van der Waals surface area contributed by atoms with Gasteiger partial charge in [-0.3, -0.25) is 4.79 Å². The minimum absolute atomic E-state index is 0.354. The molecule has 2 fully saturated rings. The number of rotatable bonds is 3. The lowest BCUT2D eigenvalue weighted by molar-refractivity contribution is -0.145. The molecule has 1 N–H and O–H groups in total. The lowest BCUT2D eigenvalue weighted by Gasteiger charge is -2.31. The Morgan fingerprint density at radius 3 is 2.93 bits per heavy atom. The van der Waals surface area contributed by atoms with Crippen LogP contribution in [0.25, 0.3) is 0 Å². The maximum absolute atomic E-state index is 11.1. The molecule has 80 valence electrons. The molecule has 0 bridgehead atoms. The Bertz CT molecular complexity index is 252. The summed E-state index contributed by atoms with van der Waals surface area (Å²) in [6.45, 7) is 7.30. The second-order valence-corrected chi connectivity index (χ2v) is 5.28. The second-order valence-electron chi connectivity index (χ2n) is 5.28. The van der Waals surface area contributed by atoms with Crippen LogP contribution in [0.3, 0.4) is 0 Å². The SMILES string of the molecule is CC(C)CN1CCC2CC2(C(=O)O)C1. The van der Waals surface area contributed by atoms with Gasteiger partial charge in [-0.2, -0.15) is 0 Å². The highest BCUT2D eigenvalue weighted by Crippen LogP contribution is 2.57. The zero-order valence-electron chi connectivity index (χ0n) is 8.99. The molecule has 1 saturated heterocycles. The average molecular weight is 197 g/mol. The summed E-state index contributed by atoms with van der Waals surface area (Å²) in [5.74, 6) is 0.538. The Morgan fingerprint density at radius 1 is 1.64 bits per heavy atom. The van der Waals surface area contributed by atoms with Crippen LogP contribution in [-0.4, -0.2) is 35.6 Å². The van der Waals surface area contributed by atoms with E-state index in [0.717, 1.165) is 32.5 Å². The van der Waals surface area contributed by atoms with Gasteiger partial charge in [0.2, 0.25) is 0 Å². The second kappa shape index (κ2) is 3.23. The highest BCUT2D eigenvalue weighted by atomic mass is 16.4. The number of carbonyl (C=O) groups is 1. The minimum atomic E-state index is -0.573. The summed E-state index contributed by atoms with van der Waals surface area (Å²) < 4.78 is 0. The molecule has 0 radical (unpaired) electrons. The molecule has 2 unspecified atom stereocenters. The molecule has 0 amide bonds. The Labute approximate surface area is 85.1 Å². The molecule has 0 aromatic carbocycles. The average Bonchev–Trinajstić information content (AvgIpc) is 2.77. The van der Waals surface area contributed by atoms with Crippen LogP contribution in [0.1, 0.15) is 26.7 Å². The van der Waals surface area contributed by atoms with E-state index in [4.69, 9.17) is 5.11 Å². The normalized spacial score (nSPS) is 36.9. The summed E-state index contributed by atoms with van der Waals surface area (Å²) in [5.41, 5.74) is -0.354. The molecule has 3 heteroatoms. The molecular weight excluding hydrogens is 178 g/mol. The molecule has 1 heterocycles. The number of nitrogens with zero attached hydrogens (tertiary/aromatic N) is 1. The van der Waals surface area contributed by atoms with E-state index < -0.39 is 5.97 Å². The van der Waals surface area contributed by atoms with Crippen molar-refractivity contribution in [3.05, 3.63) is 0 Å². The van der Waals surface area contributed by atoms with Gasteiger partial charge < -0.3 is 10.0 Å². The molecule has 1 aliphatic carbocycles. The zero-order chi connectivity index (χ0) is 10.3. The number of carboxylic acid groups (broad SMARTS) is 1. The Kier molecular flexibility index (Phi) is 2.30. The molecule has 0 spiro atoms. The van der Waals surface area contributed by atoms with Crippen molar-refractivity contribution in [3.63, 3.8) is 0 Å². The summed E-state index contributed by atoms with van der Waals surface area (Å²) in [7, 11) is 0. The number of fused-ring (bicyclic) bond motifs is 1. The van der Waals surface area contributed by atoms with Gasteiger partial charge in [0.1, 0.15) is 0 Å². The fourth-order valence-electron chi connectivity index (χ4n) is 2.77. The van der Waals surface area contributed by atoms with Crippen LogP contribution in [-0.2, 0) is 4.79 Å². The highest BCUT2D eigenvalue weighted by molar-refractivity contribution is 5.79. The smallest absolute Gasteiger partial charge is 0.311 e. The first kappa shape index (κ1) is 9.97. The fraction of sp³-hybridized carbons (Fsp3) is 0.909. The van der Waals surface area contributed by atoms with Crippen molar-refractivity contribution in [2.24, 2.45) is 17.3 Å². The number of piperidine rings is 1. The summed E-state index contributed by atoms with van der Waals surface area (Å²) in [6.07, 6.45) is 2.00. The highest BCUT2D eigenvalue weighted by Gasteiger charge is 2.62. The predicted molar refractivity (Wildman–Crippen MR) is 54.1 cm³/mol. The summed E-state index contributed by atoms with van der Waals surface area (Å²) >= 11 is 0. The number of hydrogen-bond acceptors (Lipinski definition) is 2. The van der Waals surface area contributed by atoms with Crippen LogP contribution < -0.4 is 0 Å². The number of aliphatic carboxylic acids is 1. The van der Waals surface area contributed by atoms with Gasteiger partial charge in [0.25, 0.3) is 0 Å². The lowest BCUT2D eigenvalue weighted by atomic mass is 9.96. The van der Waals surface area contributed by atoms with Crippen molar-refractivity contribution < 1.29 is 9.90 Å². The van der Waals surface area contributed by atoms with E-state index in [1.807, 2.05) is 0 Å². The quantitative estimate of drug-likeness (QED) is 0.744. The van der Waals surface area contributed by atoms with E-state index in [-0.39, 0.29) is 5.41 Å². The molecule has 14 heavy (non-hydrogen) atoms. The van der Waals surface area contributed by atoms with E-state index >= 15 is 0 Å². The summed E-state index contributed by atoms with van der Waals surface area (Å²) in [6, 6.07) is 0. The topological polar surface area (TPSA) is 40.5 Å². The molecular formula is C11H19NO2. The van der Waals surface area contributed by atoms with Gasteiger partial charge in [-0.05, 0) is 31.2 Å². The first-order valence-corrected chi connectivity index (χ1v) is 5.50. The van der Waals surface area contributed by atoms with Crippen LogP contribution in [0.5, 0.6) is 0 Å². The Morgan fingerprint density at radius 2 is 2.36 bits per heavy atom. The van der Waals surface area contributed by atoms with Gasteiger partial charge in [-0.1, -0.05) is 13.8 Å². The Balaban J connectivity index is 1.96. The molecule has 2 aliphatic rings. The van der Waals surface area contributed by atoms with Crippen LogP contribution in [0.2, 0.25) is 0 Å². The van der Waals surface area contributed by atoms with Crippen molar-refractivity contribution in [2.75, 3.05) is 19.6 Å². The summed E-state index contributed by atoms with van der Waals surface area (Å²) in [4.78, 5) is 13.4. The maximum atomic E-state index is 11.1. The van der Waals surface area contributed by atoms with E-state index in [1.165, 1.54) is 0 Å². The van der Waals surface area contributed by atoms with Crippen LogP contribution in [0.15, 0.2) is 0 Å². The van der Waals surface area contributed by atoms with E-state index in [0.29, 0.717) is 11.8 Å². The lowest BCUT2D eigenvalue weighted by Crippen LogP contribution is -2.42. The largest absolute Gasteiger partial charge is 0.481 e. The molecule has 0 aromatic heterocycles. The van der Waals surface area contributed by atoms with E-state index in [2.05, 4.69) is 18.7 Å². The monoisotopic (exact) mass is 197 g/mol. The number of likely N-dealkylation sites (tertiary alicyclic amines) is 1. The van der Waals surface area contributed by atoms with Crippen LogP contribution in [0, 0.1) is 17.3 Å². The van der Waals surface area contributed by atoms with Gasteiger partial charge in [-0.25, -0.2) is 0 Å². The third kappa shape index (κ3) is 1.54. The van der Waals surface area contributed by atoms with Gasteiger partial charge in [0.05, 0.1) is 5.41 Å². The number of hydrogen-bond donors (Lipinski definition) is 1. The van der Waals surface area contributed by atoms with Crippen molar-refractivity contribution in [1.82, 2.24) is 4.90 Å². The number of carboxylic acids is 1. The van der Waals surface area contributed by atoms with E-state index in [9.17, 15) is 4.79 Å². The Hall–Kier alpha value is -0.570. The molecule has 2 rings (SSSR count). The molecule has 2 atom stereocenters. The van der Waals surface area contributed by atoms with Crippen LogP contribution >= 0.6 is 0 Å². The molecule has 3 nitrogen and oxygen atoms in total. The summed E-state index contributed by atoms with van der Waals surface area (Å²) in [5, 5.41) is 9.16. The van der Waals surface area contributed by atoms with Crippen molar-refractivity contribution in [2.45, 2.75) is 26.7 Å². The van der Waals surface area contributed by atoms with Gasteiger partial charge in [0.15, 0.2) is 0 Å². The third-order valence-corrected chi connectivity index (χ3v) is 3.58. The third-order valence-electron chi connectivity index (χ3n) is 3.58. The van der Waals surface area contributed by atoms with Crippen molar-refractivity contribution >= 4 is 5.97 Å². The van der Waals surface area contributed by atoms with E-state index in [1.54, 1.807) is 0 Å². The van der Waals surface area contributed by atoms with Crippen molar-refractivity contribution in [1.29, 1.82) is 0 Å². The minimum Gasteiger partial charge on any atom is -0.481 e. The fourth-order valence-corrected chi connectivity index (χ4v) is 2.77. The molecule has 1 aliphatic heterocycles. The maximum Gasteiger partial charge on any atom is 0.311 e. The van der Waals surface area contributed by atoms with Gasteiger partial charge in [0, 0.05) is 13.1 Å². The van der Waals surface area contributed by atoms with Crippen LogP contribution in [0.4, 0.5) is 0 Å². The first-order valence-electron chi connectivity index (χ1n) is 5.50. The van der Waals surface area contributed by atoms with Gasteiger partial charge >= 0.3 is 5.97 Å². The standard InChI is InChI=1S/C11H19NO2/c1-8(2)6-12-4-3-9-5-11(9,7-12)10(13)14/h8-9H,3-7H2,1-2H3,(H,13,14). The predicted octanol–water partition coefficient (Wildman–Crippen LogP) is 1.44.